The van der Waals surface area contributed by atoms with E-state index >= 15 is 0 Å². The lowest BCUT2D eigenvalue weighted by atomic mass is 9.84. The van der Waals surface area contributed by atoms with Gasteiger partial charge in [-0.15, -0.1) is 0 Å². The molecule has 1 nitrogen and oxygen atoms in total. The molecule has 0 aromatic heterocycles. The summed E-state index contributed by atoms with van der Waals surface area (Å²) in [5.74, 6) is -0.182. The summed E-state index contributed by atoms with van der Waals surface area (Å²) in [5, 5.41) is 0.585. The molecular formula is C14H21ClFN. The fourth-order valence-corrected chi connectivity index (χ4v) is 1.88. The topological polar surface area (TPSA) is 26.0 Å². The highest BCUT2D eigenvalue weighted by atomic mass is 35.5. The molecule has 0 heterocycles. The minimum Gasteiger partial charge on any atom is -0.327 e. The first-order valence-corrected chi connectivity index (χ1v) is 6.38. The average Bonchev–Trinajstić information content (AvgIpc) is 2.21. The van der Waals surface area contributed by atoms with Crippen molar-refractivity contribution in [3.63, 3.8) is 0 Å². The summed E-state index contributed by atoms with van der Waals surface area (Å²) in [5.41, 5.74) is 6.85. The second-order valence-electron chi connectivity index (χ2n) is 5.60. The molecule has 0 saturated carbocycles. The van der Waals surface area contributed by atoms with Crippen molar-refractivity contribution in [2.75, 3.05) is 0 Å². The van der Waals surface area contributed by atoms with Crippen molar-refractivity contribution in [2.45, 2.75) is 46.1 Å². The van der Waals surface area contributed by atoms with Crippen LogP contribution in [0.15, 0.2) is 18.2 Å². The van der Waals surface area contributed by atoms with Crippen LogP contribution in [0.5, 0.6) is 0 Å². The lowest BCUT2D eigenvalue weighted by molar-refractivity contribution is 0.301. The van der Waals surface area contributed by atoms with Crippen LogP contribution in [0, 0.1) is 11.2 Å². The molecule has 0 bridgehead atoms. The molecule has 1 rings (SSSR count). The molecule has 1 aromatic carbocycles. The Hall–Kier alpha value is -0.600. The van der Waals surface area contributed by atoms with Gasteiger partial charge in [0.15, 0.2) is 0 Å². The van der Waals surface area contributed by atoms with Crippen molar-refractivity contribution in [3.05, 3.63) is 34.6 Å². The Kier molecular flexibility index (Phi) is 4.96. The third-order valence-electron chi connectivity index (χ3n) is 3.08. The number of nitrogens with two attached hydrogens (primary N) is 1. The molecule has 1 aromatic rings. The van der Waals surface area contributed by atoms with E-state index in [0.717, 1.165) is 12.8 Å². The van der Waals surface area contributed by atoms with Gasteiger partial charge in [0.1, 0.15) is 5.82 Å². The van der Waals surface area contributed by atoms with Gasteiger partial charge in [-0.3, -0.25) is 0 Å². The molecule has 2 N–H and O–H groups in total. The maximum atomic E-state index is 13.4. The van der Waals surface area contributed by atoms with E-state index in [2.05, 4.69) is 20.8 Å². The van der Waals surface area contributed by atoms with Gasteiger partial charge in [0, 0.05) is 11.1 Å². The van der Waals surface area contributed by atoms with Crippen LogP contribution in [0.2, 0.25) is 5.02 Å². The van der Waals surface area contributed by atoms with Crippen molar-refractivity contribution in [1.29, 1.82) is 0 Å². The largest absolute Gasteiger partial charge is 0.327 e. The molecule has 17 heavy (non-hydrogen) atoms. The van der Waals surface area contributed by atoms with Crippen molar-refractivity contribution in [2.24, 2.45) is 11.1 Å². The first-order valence-electron chi connectivity index (χ1n) is 6.00. The second-order valence-corrected chi connectivity index (χ2v) is 6.04. The molecule has 0 aliphatic carbocycles. The average molecular weight is 258 g/mol. The van der Waals surface area contributed by atoms with E-state index in [1.165, 1.54) is 6.07 Å². The lowest BCUT2D eigenvalue weighted by Gasteiger charge is -2.26. The molecule has 0 saturated heterocycles. The van der Waals surface area contributed by atoms with Crippen LogP contribution < -0.4 is 5.73 Å². The molecule has 0 aliphatic heterocycles. The van der Waals surface area contributed by atoms with E-state index in [1.54, 1.807) is 12.1 Å². The number of aryl methyl sites for hydroxylation is 1. The van der Waals surface area contributed by atoms with E-state index in [4.69, 9.17) is 17.3 Å². The Morgan fingerprint density at radius 3 is 2.59 bits per heavy atom. The lowest BCUT2D eigenvalue weighted by Crippen LogP contribution is -2.34. The highest BCUT2D eigenvalue weighted by Crippen LogP contribution is 2.22. The van der Waals surface area contributed by atoms with Crippen LogP contribution in [0.4, 0.5) is 4.39 Å². The molecule has 0 spiro atoms. The Labute approximate surface area is 108 Å². The summed E-state index contributed by atoms with van der Waals surface area (Å²) < 4.78 is 13.4. The van der Waals surface area contributed by atoms with E-state index in [9.17, 15) is 4.39 Å². The number of hydrogen-bond donors (Lipinski definition) is 1. The van der Waals surface area contributed by atoms with Gasteiger partial charge in [-0.05, 0) is 48.4 Å². The summed E-state index contributed by atoms with van der Waals surface area (Å²) >= 11 is 5.84. The Morgan fingerprint density at radius 2 is 2.00 bits per heavy atom. The number of benzene rings is 1. The monoisotopic (exact) mass is 257 g/mol. The predicted octanol–water partition coefficient (Wildman–Crippen LogP) is 4.18. The molecule has 0 amide bonds. The Balaban J connectivity index is 2.49. The quantitative estimate of drug-likeness (QED) is 0.861. The van der Waals surface area contributed by atoms with Crippen molar-refractivity contribution < 1.29 is 4.39 Å². The molecular weight excluding hydrogens is 237 g/mol. The van der Waals surface area contributed by atoms with E-state index < -0.39 is 0 Å². The highest BCUT2D eigenvalue weighted by Gasteiger charge is 2.19. The number of halogens is 2. The minimum atomic E-state index is -0.182. The normalized spacial score (nSPS) is 13.8. The first kappa shape index (κ1) is 14.5. The van der Waals surface area contributed by atoms with Gasteiger partial charge < -0.3 is 5.73 Å². The molecule has 0 aliphatic rings. The van der Waals surface area contributed by atoms with Gasteiger partial charge in [-0.2, -0.15) is 0 Å². The van der Waals surface area contributed by atoms with E-state index in [-0.39, 0.29) is 17.3 Å². The zero-order valence-corrected chi connectivity index (χ0v) is 11.5. The summed E-state index contributed by atoms with van der Waals surface area (Å²) in [6.45, 7) is 6.37. The number of rotatable bonds is 4. The van der Waals surface area contributed by atoms with E-state index in [1.807, 2.05) is 0 Å². The van der Waals surface area contributed by atoms with Crippen LogP contribution >= 0.6 is 11.6 Å². The van der Waals surface area contributed by atoms with E-state index in [0.29, 0.717) is 17.0 Å². The van der Waals surface area contributed by atoms with Gasteiger partial charge >= 0.3 is 0 Å². The molecule has 96 valence electrons. The van der Waals surface area contributed by atoms with Crippen LogP contribution in [0.25, 0.3) is 0 Å². The van der Waals surface area contributed by atoms with Crippen LogP contribution in [-0.2, 0) is 6.42 Å². The van der Waals surface area contributed by atoms with Gasteiger partial charge in [0.05, 0.1) is 0 Å². The third kappa shape index (κ3) is 4.64. The minimum absolute atomic E-state index is 0.104. The maximum absolute atomic E-state index is 13.4. The number of hydrogen-bond acceptors (Lipinski definition) is 1. The highest BCUT2D eigenvalue weighted by molar-refractivity contribution is 6.30. The fourth-order valence-electron chi connectivity index (χ4n) is 1.68. The van der Waals surface area contributed by atoms with Crippen LogP contribution in [0.3, 0.4) is 0 Å². The van der Waals surface area contributed by atoms with Gasteiger partial charge in [0.2, 0.25) is 0 Å². The maximum Gasteiger partial charge on any atom is 0.126 e. The molecule has 0 radical (unpaired) electrons. The fraction of sp³-hybridized carbons (Fsp3) is 0.571. The van der Waals surface area contributed by atoms with Gasteiger partial charge in [-0.1, -0.05) is 32.4 Å². The molecule has 0 fully saturated rings. The summed E-state index contributed by atoms with van der Waals surface area (Å²) in [6.07, 6.45) is 2.47. The Morgan fingerprint density at radius 1 is 1.35 bits per heavy atom. The molecule has 3 heteroatoms. The zero-order chi connectivity index (χ0) is 13.1. The summed E-state index contributed by atoms with van der Waals surface area (Å²) in [7, 11) is 0. The van der Waals surface area contributed by atoms with Crippen molar-refractivity contribution in [1.82, 2.24) is 0 Å². The van der Waals surface area contributed by atoms with Crippen molar-refractivity contribution >= 4 is 11.6 Å². The summed E-state index contributed by atoms with van der Waals surface area (Å²) in [4.78, 5) is 0. The summed E-state index contributed by atoms with van der Waals surface area (Å²) in [6, 6.07) is 4.83. The van der Waals surface area contributed by atoms with Crippen LogP contribution in [0.1, 0.15) is 39.2 Å². The van der Waals surface area contributed by atoms with Crippen molar-refractivity contribution in [3.8, 4) is 0 Å². The standard InChI is InChI=1S/C14H21ClFN/c1-14(2,3)13(17)6-4-5-10-9-11(15)7-8-12(10)16/h7-9,13H,4-6,17H2,1-3H3. The smallest absolute Gasteiger partial charge is 0.126 e. The SMILES string of the molecule is CC(C)(C)C(N)CCCc1cc(Cl)ccc1F. The second kappa shape index (κ2) is 5.83. The zero-order valence-electron chi connectivity index (χ0n) is 10.8. The van der Waals surface area contributed by atoms with Gasteiger partial charge in [-0.25, -0.2) is 4.39 Å². The third-order valence-corrected chi connectivity index (χ3v) is 3.32. The predicted molar refractivity (Wildman–Crippen MR) is 71.8 cm³/mol. The molecule has 1 atom stereocenters. The first-order chi connectivity index (χ1) is 7.80. The van der Waals surface area contributed by atoms with Gasteiger partial charge in [0.25, 0.3) is 0 Å². The van der Waals surface area contributed by atoms with Crippen LogP contribution in [-0.4, -0.2) is 6.04 Å². The Bertz CT molecular complexity index is 371. The molecule has 1 unspecified atom stereocenters.